The van der Waals surface area contributed by atoms with Crippen molar-refractivity contribution < 1.29 is 9.90 Å². The molecular formula is C14H27NO2. The highest BCUT2D eigenvalue weighted by atomic mass is 16.4. The molecule has 0 atom stereocenters. The minimum atomic E-state index is -0.807. The van der Waals surface area contributed by atoms with Crippen molar-refractivity contribution in [2.24, 2.45) is 17.8 Å². The van der Waals surface area contributed by atoms with Crippen LogP contribution in [-0.2, 0) is 4.79 Å². The van der Waals surface area contributed by atoms with Crippen LogP contribution in [0.2, 0.25) is 0 Å². The molecular weight excluding hydrogens is 214 g/mol. The molecule has 0 bridgehead atoms. The number of rotatable bonds is 8. The summed E-state index contributed by atoms with van der Waals surface area (Å²) in [5, 5.41) is 12.2. The normalized spacial score (nSPS) is 12.8. The molecule has 0 unspecified atom stereocenters. The van der Waals surface area contributed by atoms with Crippen molar-refractivity contribution in [2.45, 2.75) is 41.0 Å². The lowest BCUT2D eigenvalue weighted by molar-refractivity contribution is -0.132. The van der Waals surface area contributed by atoms with E-state index >= 15 is 0 Å². The van der Waals surface area contributed by atoms with Gasteiger partial charge in [-0.1, -0.05) is 40.7 Å². The molecule has 0 aromatic heterocycles. The second-order valence-corrected chi connectivity index (χ2v) is 5.20. The maximum absolute atomic E-state index is 10.8. The van der Waals surface area contributed by atoms with E-state index in [1.54, 1.807) is 6.08 Å². The molecule has 0 rings (SSSR count). The van der Waals surface area contributed by atoms with Crippen LogP contribution in [0.5, 0.6) is 0 Å². The van der Waals surface area contributed by atoms with E-state index in [9.17, 15) is 4.79 Å². The van der Waals surface area contributed by atoms with E-state index in [4.69, 9.17) is 5.11 Å². The zero-order chi connectivity index (χ0) is 13.4. The first-order valence-electron chi connectivity index (χ1n) is 6.53. The Balaban J connectivity index is 4.09. The van der Waals surface area contributed by atoms with Crippen molar-refractivity contribution in [1.29, 1.82) is 0 Å². The number of hydrogen-bond donors (Lipinski definition) is 2. The summed E-state index contributed by atoms with van der Waals surface area (Å²) >= 11 is 0. The topological polar surface area (TPSA) is 49.3 Å². The first-order chi connectivity index (χ1) is 7.90. The molecule has 0 amide bonds. The van der Waals surface area contributed by atoms with E-state index in [2.05, 4.69) is 33.0 Å². The van der Waals surface area contributed by atoms with Crippen molar-refractivity contribution in [3.63, 3.8) is 0 Å². The third-order valence-corrected chi connectivity index (χ3v) is 3.24. The van der Waals surface area contributed by atoms with Crippen LogP contribution in [0.1, 0.15) is 41.0 Å². The molecule has 0 spiro atoms. The van der Waals surface area contributed by atoms with Crippen LogP contribution in [0.3, 0.4) is 0 Å². The van der Waals surface area contributed by atoms with Crippen LogP contribution < -0.4 is 5.32 Å². The van der Waals surface area contributed by atoms with Gasteiger partial charge in [-0.25, -0.2) is 4.79 Å². The highest BCUT2D eigenvalue weighted by Crippen LogP contribution is 2.19. The molecule has 0 aromatic carbocycles. The van der Waals surface area contributed by atoms with Gasteiger partial charge in [0.15, 0.2) is 0 Å². The Bertz CT molecular complexity index is 249. The number of aliphatic carboxylic acids is 1. The van der Waals surface area contributed by atoms with E-state index in [0.29, 0.717) is 36.3 Å². The molecule has 100 valence electrons. The van der Waals surface area contributed by atoms with Crippen molar-refractivity contribution in [2.75, 3.05) is 13.1 Å². The lowest BCUT2D eigenvalue weighted by Crippen LogP contribution is -2.30. The highest BCUT2D eigenvalue weighted by molar-refractivity contribution is 5.86. The van der Waals surface area contributed by atoms with Gasteiger partial charge in [0.2, 0.25) is 0 Å². The first-order valence-corrected chi connectivity index (χ1v) is 6.53. The van der Waals surface area contributed by atoms with Crippen LogP contribution in [0.4, 0.5) is 0 Å². The lowest BCUT2D eigenvalue weighted by Gasteiger charge is -2.24. The molecule has 0 heterocycles. The summed E-state index contributed by atoms with van der Waals surface area (Å²) in [7, 11) is 0. The van der Waals surface area contributed by atoms with E-state index in [0.717, 1.165) is 6.54 Å². The zero-order valence-corrected chi connectivity index (χ0v) is 11.8. The summed E-state index contributed by atoms with van der Waals surface area (Å²) in [6, 6.07) is 0. The summed E-state index contributed by atoms with van der Waals surface area (Å²) in [6.07, 6.45) is 2.36. The predicted molar refractivity (Wildman–Crippen MR) is 72.0 cm³/mol. The fraction of sp³-hybridized carbons (Fsp3) is 0.786. The number of nitrogens with one attached hydrogen (secondary N) is 1. The molecule has 3 nitrogen and oxygen atoms in total. The molecule has 3 heteroatoms. The maximum atomic E-state index is 10.8. The van der Waals surface area contributed by atoms with Crippen molar-refractivity contribution in [1.82, 2.24) is 5.32 Å². The quantitative estimate of drug-likeness (QED) is 0.507. The molecule has 0 aromatic rings. The standard InChI is InChI=1S/C14H27NO2/c1-6-12(14(16)17)7-8-15-9-13(10(2)3)11(4)5/h7,10-11,13,15H,6,8-9H2,1-5H3,(H,16,17). The smallest absolute Gasteiger partial charge is 0.331 e. The van der Waals surface area contributed by atoms with Crippen LogP contribution in [0.15, 0.2) is 11.6 Å². The fourth-order valence-electron chi connectivity index (χ4n) is 2.07. The summed E-state index contributed by atoms with van der Waals surface area (Å²) in [5.74, 6) is 1.13. The SMILES string of the molecule is CCC(=CCNCC(C(C)C)C(C)C)C(=O)O. The molecule has 2 N–H and O–H groups in total. The summed E-state index contributed by atoms with van der Waals surface area (Å²) in [5.41, 5.74) is 0.489. The van der Waals surface area contributed by atoms with Gasteiger partial charge >= 0.3 is 5.97 Å². The molecule has 0 saturated heterocycles. The third-order valence-electron chi connectivity index (χ3n) is 3.24. The Morgan fingerprint density at radius 3 is 2.12 bits per heavy atom. The van der Waals surface area contributed by atoms with Crippen LogP contribution in [-0.4, -0.2) is 24.2 Å². The van der Waals surface area contributed by atoms with Gasteiger partial charge in [0.1, 0.15) is 0 Å². The molecule has 0 radical (unpaired) electrons. The number of hydrogen-bond acceptors (Lipinski definition) is 2. The van der Waals surface area contributed by atoms with Gasteiger partial charge < -0.3 is 10.4 Å². The average Bonchev–Trinajstić information content (AvgIpc) is 2.21. The largest absolute Gasteiger partial charge is 0.478 e. The lowest BCUT2D eigenvalue weighted by atomic mass is 9.85. The molecule has 0 aliphatic heterocycles. The van der Waals surface area contributed by atoms with E-state index < -0.39 is 5.97 Å². The molecule has 0 fully saturated rings. The van der Waals surface area contributed by atoms with Gasteiger partial charge in [0.05, 0.1) is 0 Å². The second-order valence-electron chi connectivity index (χ2n) is 5.20. The Morgan fingerprint density at radius 2 is 1.76 bits per heavy atom. The Labute approximate surface area is 105 Å². The van der Waals surface area contributed by atoms with Crippen LogP contribution in [0, 0.1) is 17.8 Å². The monoisotopic (exact) mass is 241 g/mol. The molecule has 0 saturated carbocycles. The predicted octanol–water partition coefficient (Wildman–Crippen LogP) is 2.93. The summed E-state index contributed by atoms with van der Waals surface area (Å²) in [6.45, 7) is 12.4. The first kappa shape index (κ1) is 16.2. The summed E-state index contributed by atoms with van der Waals surface area (Å²) in [4.78, 5) is 10.8. The van der Waals surface area contributed by atoms with Crippen LogP contribution >= 0.6 is 0 Å². The van der Waals surface area contributed by atoms with Gasteiger partial charge in [-0.3, -0.25) is 0 Å². The number of carbonyl (C=O) groups is 1. The van der Waals surface area contributed by atoms with Gasteiger partial charge in [0, 0.05) is 12.1 Å². The number of carboxylic acid groups (broad SMARTS) is 1. The van der Waals surface area contributed by atoms with Gasteiger partial charge in [-0.2, -0.15) is 0 Å². The fourth-order valence-corrected chi connectivity index (χ4v) is 2.07. The second kappa shape index (κ2) is 8.29. The third kappa shape index (κ3) is 6.47. The van der Waals surface area contributed by atoms with Crippen molar-refractivity contribution in [3.05, 3.63) is 11.6 Å². The molecule has 0 aliphatic rings. The average molecular weight is 241 g/mol. The maximum Gasteiger partial charge on any atom is 0.331 e. The van der Waals surface area contributed by atoms with Crippen molar-refractivity contribution >= 4 is 5.97 Å². The van der Waals surface area contributed by atoms with E-state index in [-0.39, 0.29) is 0 Å². The van der Waals surface area contributed by atoms with E-state index in [1.165, 1.54) is 0 Å². The van der Waals surface area contributed by atoms with E-state index in [1.807, 2.05) is 6.92 Å². The van der Waals surface area contributed by atoms with Gasteiger partial charge in [-0.15, -0.1) is 0 Å². The summed E-state index contributed by atoms with van der Waals surface area (Å²) < 4.78 is 0. The Hall–Kier alpha value is -0.830. The molecule has 17 heavy (non-hydrogen) atoms. The minimum absolute atomic E-state index is 0.489. The van der Waals surface area contributed by atoms with Crippen molar-refractivity contribution in [3.8, 4) is 0 Å². The minimum Gasteiger partial charge on any atom is -0.478 e. The van der Waals surface area contributed by atoms with Gasteiger partial charge in [0.25, 0.3) is 0 Å². The highest BCUT2D eigenvalue weighted by Gasteiger charge is 2.16. The molecule has 0 aliphatic carbocycles. The van der Waals surface area contributed by atoms with Gasteiger partial charge in [-0.05, 0) is 30.7 Å². The zero-order valence-electron chi connectivity index (χ0n) is 11.8. The Morgan fingerprint density at radius 1 is 1.24 bits per heavy atom. The van der Waals surface area contributed by atoms with Crippen LogP contribution in [0.25, 0.3) is 0 Å². The Kier molecular flexibility index (Phi) is 7.88. The number of carboxylic acids is 1.